The molecule has 0 atom stereocenters. The van der Waals surface area contributed by atoms with Crippen molar-refractivity contribution in [3.8, 4) is 0 Å². The Morgan fingerprint density at radius 3 is 2.77 bits per heavy atom. The lowest BCUT2D eigenvalue weighted by Crippen LogP contribution is -2.38. The first kappa shape index (κ1) is 18.6. The van der Waals surface area contributed by atoms with Crippen molar-refractivity contribution in [1.29, 1.82) is 0 Å². The average molecular weight is 356 g/mol. The van der Waals surface area contributed by atoms with E-state index < -0.39 is 0 Å². The number of ether oxygens (including phenoxy) is 1. The number of allylic oxidation sites excluding steroid dienone is 2. The SMILES string of the molecule is CN1/C(=C\C=N\NC(=O)CCN2CCOCC2)C(C)(C)c2ccccc21. The summed E-state index contributed by atoms with van der Waals surface area (Å²) in [5.74, 6) is -0.0616. The minimum absolute atomic E-state index is 0.0616. The molecule has 1 saturated heterocycles. The smallest absolute Gasteiger partial charge is 0.241 e. The number of nitrogens with zero attached hydrogens (tertiary/aromatic N) is 3. The predicted molar refractivity (Wildman–Crippen MR) is 104 cm³/mol. The first-order valence-electron chi connectivity index (χ1n) is 9.16. The summed E-state index contributed by atoms with van der Waals surface area (Å²) in [7, 11) is 2.06. The van der Waals surface area contributed by atoms with E-state index in [1.165, 1.54) is 11.3 Å². The lowest BCUT2D eigenvalue weighted by atomic mass is 9.84. The molecule has 1 aromatic carbocycles. The van der Waals surface area contributed by atoms with E-state index in [0.717, 1.165) is 38.5 Å². The number of para-hydroxylation sites is 1. The molecular formula is C20H28N4O2. The number of anilines is 1. The third-order valence-electron chi connectivity index (χ3n) is 5.20. The molecule has 0 saturated carbocycles. The van der Waals surface area contributed by atoms with E-state index in [4.69, 9.17) is 4.74 Å². The fourth-order valence-electron chi connectivity index (χ4n) is 3.66. The van der Waals surface area contributed by atoms with Gasteiger partial charge in [-0.05, 0) is 17.7 Å². The van der Waals surface area contributed by atoms with Crippen LogP contribution in [0.15, 0.2) is 41.1 Å². The second-order valence-electron chi connectivity index (χ2n) is 7.27. The summed E-state index contributed by atoms with van der Waals surface area (Å²) in [6.07, 6.45) is 4.10. The molecule has 1 fully saturated rings. The number of morpholine rings is 1. The number of rotatable bonds is 5. The van der Waals surface area contributed by atoms with E-state index in [1.807, 2.05) is 6.08 Å². The zero-order chi connectivity index (χ0) is 18.6. The molecule has 6 heteroatoms. The van der Waals surface area contributed by atoms with Gasteiger partial charge in [0.2, 0.25) is 5.91 Å². The van der Waals surface area contributed by atoms with Crippen molar-refractivity contribution in [1.82, 2.24) is 10.3 Å². The van der Waals surface area contributed by atoms with Crippen molar-refractivity contribution in [3.63, 3.8) is 0 Å². The quantitative estimate of drug-likeness (QED) is 0.649. The van der Waals surface area contributed by atoms with Crippen LogP contribution in [-0.2, 0) is 14.9 Å². The standard InChI is InChI=1S/C20H28N4O2/c1-20(2)16-6-4-5-7-17(16)23(3)18(20)8-10-21-22-19(25)9-11-24-12-14-26-15-13-24/h4-8,10H,9,11-15H2,1-3H3,(H,22,25)/b18-8-,21-10+. The van der Waals surface area contributed by atoms with Crippen molar-refractivity contribution in [3.05, 3.63) is 41.6 Å². The first-order valence-corrected chi connectivity index (χ1v) is 9.16. The van der Waals surface area contributed by atoms with Crippen molar-refractivity contribution in [2.24, 2.45) is 5.10 Å². The summed E-state index contributed by atoms with van der Waals surface area (Å²) in [5, 5.41) is 4.09. The van der Waals surface area contributed by atoms with Gasteiger partial charge in [0.15, 0.2) is 0 Å². The molecule has 0 aromatic heterocycles. The van der Waals surface area contributed by atoms with Crippen LogP contribution in [0, 0.1) is 0 Å². The summed E-state index contributed by atoms with van der Waals surface area (Å²) < 4.78 is 5.31. The fraction of sp³-hybridized carbons (Fsp3) is 0.500. The molecule has 1 aromatic rings. The number of fused-ring (bicyclic) bond motifs is 1. The van der Waals surface area contributed by atoms with Crippen LogP contribution in [0.5, 0.6) is 0 Å². The minimum atomic E-state index is -0.0856. The van der Waals surface area contributed by atoms with Gasteiger partial charge in [0, 0.05) is 56.1 Å². The normalized spacial score (nSPS) is 21.3. The molecule has 0 spiro atoms. The molecule has 2 aliphatic rings. The van der Waals surface area contributed by atoms with Gasteiger partial charge in [0.05, 0.1) is 13.2 Å². The molecule has 0 bridgehead atoms. The third-order valence-corrected chi connectivity index (χ3v) is 5.20. The van der Waals surface area contributed by atoms with E-state index in [2.05, 4.69) is 65.5 Å². The van der Waals surface area contributed by atoms with Gasteiger partial charge in [-0.25, -0.2) is 5.43 Å². The van der Waals surface area contributed by atoms with Crippen LogP contribution >= 0.6 is 0 Å². The summed E-state index contributed by atoms with van der Waals surface area (Å²) >= 11 is 0. The number of hydrazone groups is 1. The number of benzene rings is 1. The Balaban J connectivity index is 1.53. The number of hydrogen-bond donors (Lipinski definition) is 1. The number of hydrogen-bond acceptors (Lipinski definition) is 5. The van der Waals surface area contributed by atoms with Gasteiger partial charge >= 0.3 is 0 Å². The lowest BCUT2D eigenvalue weighted by molar-refractivity contribution is -0.121. The molecule has 1 amide bonds. The highest BCUT2D eigenvalue weighted by Crippen LogP contribution is 2.46. The number of nitrogens with one attached hydrogen (secondary N) is 1. The topological polar surface area (TPSA) is 57.2 Å². The molecule has 3 rings (SSSR count). The largest absolute Gasteiger partial charge is 0.379 e. The maximum absolute atomic E-state index is 11.9. The average Bonchev–Trinajstić information content (AvgIpc) is 2.85. The third kappa shape index (κ3) is 3.97. The van der Waals surface area contributed by atoms with Gasteiger partial charge in [0.1, 0.15) is 0 Å². The zero-order valence-corrected chi connectivity index (χ0v) is 15.9. The van der Waals surface area contributed by atoms with Gasteiger partial charge in [-0.15, -0.1) is 0 Å². The summed E-state index contributed by atoms with van der Waals surface area (Å²) in [6, 6.07) is 8.41. The van der Waals surface area contributed by atoms with E-state index in [-0.39, 0.29) is 11.3 Å². The summed E-state index contributed by atoms with van der Waals surface area (Å²) in [4.78, 5) is 16.4. The molecule has 2 heterocycles. The lowest BCUT2D eigenvalue weighted by Gasteiger charge is -2.25. The van der Waals surface area contributed by atoms with Crippen LogP contribution in [0.4, 0.5) is 5.69 Å². The highest BCUT2D eigenvalue weighted by molar-refractivity contribution is 5.81. The Hall–Kier alpha value is -2.18. The van der Waals surface area contributed by atoms with Crippen molar-refractivity contribution < 1.29 is 9.53 Å². The maximum Gasteiger partial charge on any atom is 0.241 e. The van der Waals surface area contributed by atoms with Crippen LogP contribution in [0.3, 0.4) is 0 Å². The summed E-state index contributed by atoms with van der Waals surface area (Å²) in [5.41, 5.74) is 6.21. The Morgan fingerprint density at radius 1 is 1.31 bits per heavy atom. The van der Waals surface area contributed by atoms with Crippen LogP contribution in [0.25, 0.3) is 0 Å². The van der Waals surface area contributed by atoms with Gasteiger partial charge in [-0.1, -0.05) is 32.0 Å². The Morgan fingerprint density at radius 2 is 2.04 bits per heavy atom. The molecular weight excluding hydrogens is 328 g/mol. The molecule has 26 heavy (non-hydrogen) atoms. The number of likely N-dealkylation sites (N-methyl/N-ethyl adjacent to an activating group) is 1. The highest BCUT2D eigenvalue weighted by Gasteiger charge is 2.37. The van der Waals surface area contributed by atoms with Crippen LogP contribution in [0.1, 0.15) is 25.8 Å². The van der Waals surface area contributed by atoms with Gasteiger partial charge in [0.25, 0.3) is 0 Å². The van der Waals surface area contributed by atoms with Gasteiger partial charge < -0.3 is 9.64 Å². The first-order chi connectivity index (χ1) is 12.5. The Kier molecular flexibility index (Phi) is 5.74. The molecule has 0 radical (unpaired) electrons. The van der Waals surface area contributed by atoms with Gasteiger partial charge in [-0.2, -0.15) is 5.10 Å². The maximum atomic E-state index is 11.9. The monoisotopic (exact) mass is 356 g/mol. The molecule has 2 aliphatic heterocycles. The Bertz CT molecular complexity index is 706. The number of carbonyl (C=O) groups is 1. The Labute approximate surface area is 155 Å². The van der Waals surface area contributed by atoms with E-state index in [1.54, 1.807) is 6.21 Å². The number of carbonyl (C=O) groups excluding carboxylic acids is 1. The highest BCUT2D eigenvalue weighted by atomic mass is 16.5. The van der Waals surface area contributed by atoms with Crippen molar-refractivity contribution >= 4 is 17.8 Å². The minimum Gasteiger partial charge on any atom is -0.379 e. The van der Waals surface area contributed by atoms with E-state index in [0.29, 0.717) is 6.42 Å². The van der Waals surface area contributed by atoms with Crippen LogP contribution in [-0.4, -0.2) is 56.9 Å². The molecule has 1 N–H and O–H groups in total. The van der Waals surface area contributed by atoms with Crippen LogP contribution in [0.2, 0.25) is 0 Å². The molecule has 0 aliphatic carbocycles. The van der Waals surface area contributed by atoms with Crippen molar-refractivity contribution in [2.75, 3.05) is 44.8 Å². The van der Waals surface area contributed by atoms with E-state index in [9.17, 15) is 4.79 Å². The zero-order valence-electron chi connectivity index (χ0n) is 15.9. The van der Waals surface area contributed by atoms with Crippen LogP contribution < -0.4 is 10.3 Å². The molecule has 140 valence electrons. The number of amides is 1. The second-order valence-corrected chi connectivity index (χ2v) is 7.27. The predicted octanol–water partition coefficient (Wildman–Crippen LogP) is 2.12. The van der Waals surface area contributed by atoms with Crippen molar-refractivity contribution in [2.45, 2.75) is 25.7 Å². The second kappa shape index (κ2) is 8.01. The van der Waals surface area contributed by atoms with Gasteiger partial charge in [-0.3, -0.25) is 9.69 Å². The molecule has 0 unspecified atom stereocenters. The summed E-state index contributed by atoms with van der Waals surface area (Å²) in [6.45, 7) is 8.44. The molecule has 6 nitrogen and oxygen atoms in total. The van der Waals surface area contributed by atoms with E-state index >= 15 is 0 Å². The fourth-order valence-corrected chi connectivity index (χ4v) is 3.66.